The highest BCUT2D eigenvalue weighted by atomic mass is 35.5. The smallest absolute Gasteiger partial charge is 0.152 e. The van der Waals surface area contributed by atoms with Gasteiger partial charge in [-0.25, -0.2) is 0 Å². The topological polar surface area (TPSA) is 22.0 Å². The van der Waals surface area contributed by atoms with Gasteiger partial charge in [-0.2, -0.15) is 0 Å². The van der Waals surface area contributed by atoms with Crippen LogP contribution in [0.1, 0.15) is 21.6 Å². The average molecular weight is 222 g/mol. The summed E-state index contributed by atoms with van der Waals surface area (Å²) in [5.74, 6) is 0. The Kier molecular flexibility index (Phi) is 2.31. The van der Waals surface area contributed by atoms with Crippen LogP contribution in [0.5, 0.6) is 0 Å². The van der Waals surface area contributed by atoms with E-state index in [1.165, 1.54) is 0 Å². The summed E-state index contributed by atoms with van der Waals surface area (Å²) < 4.78 is 2.01. The molecule has 1 heterocycles. The highest BCUT2D eigenvalue weighted by Crippen LogP contribution is 2.30. The lowest BCUT2D eigenvalue weighted by atomic mass is 10.1. The molecule has 0 aliphatic carbocycles. The summed E-state index contributed by atoms with van der Waals surface area (Å²) >= 11 is 6.06. The molecule has 1 aromatic carbocycles. The molecule has 0 N–H and O–H groups in total. The number of nitrogens with zero attached hydrogens (tertiary/aromatic N) is 1. The predicted octanol–water partition coefficient (Wildman–Crippen LogP) is 3.26. The standard InChI is InChI=1S/C12H12ClNO/c1-7-11(13)5-4-9-10(6-15)8(2)14(3)12(7)9/h4-6H,1-3H3. The Hall–Kier alpha value is -1.28. The fourth-order valence-corrected chi connectivity index (χ4v) is 2.17. The van der Waals surface area contributed by atoms with Crippen molar-refractivity contribution in [1.29, 1.82) is 0 Å². The van der Waals surface area contributed by atoms with E-state index >= 15 is 0 Å². The van der Waals surface area contributed by atoms with Crippen LogP contribution < -0.4 is 0 Å². The number of aldehydes is 1. The summed E-state index contributed by atoms with van der Waals surface area (Å²) in [6.45, 7) is 3.91. The van der Waals surface area contributed by atoms with E-state index in [0.717, 1.165) is 39.0 Å². The van der Waals surface area contributed by atoms with Crippen LogP contribution >= 0.6 is 11.6 Å². The molecular weight excluding hydrogens is 210 g/mol. The molecule has 0 saturated heterocycles. The normalized spacial score (nSPS) is 10.9. The molecule has 0 atom stereocenters. The Bertz CT molecular complexity index is 554. The van der Waals surface area contributed by atoms with Crippen LogP contribution in [0.3, 0.4) is 0 Å². The first kappa shape index (κ1) is 10.2. The van der Waals surface area contributed by atoms with Gasteiger partial charge in [-0.15, -0.1) is 0 Å². The number of benzene rings is 1. The summed E-state index contributed by atoms with van der Waals surface area (Å²) in [4.78, 5) is 11.0. The maximum atomic E-state index is 11.0. The van der Waals surface area contributed by atoms with Crippen molar-refractivity contribution >= 4 is 28.8 Å². The number of rotatable bonds is 1. The molecule has 0 radical (unpaired) electrons. The van der Waals surface area contributed by atoms with Crippen LogP contribution in [-0.2, 0) is 7.05 Å². The van der Waals surface area contributed by atoms with E-state index in [2.05, 4.69) is 0 Å². The Balaban J connectivity index is 3.03. The molecule has 2 rings (SSSR count). The minimum absolute atomic E-state index is 0.737. The molecule has 0 amide bonds. The molecule has 78 valence electrons. The number of hydrogen-bond acceptors (Lipinski definition) is 1. The molecule has 0 unspecified atom stereocenters. The fourth-order valence-electron chi connectivity index (χ4n) is 2.02. The van der Waals surface area contributed by atoms with Crippen molar-refractivity contribution in [2.45, 2.75) is 13.8 Å². The second-order valence-corrected chi connectivity index (χ2v) is 4.15. The SMILES string of the molecule is Cc1c(Cl)ccc2c(C=O)c(C)n(C)c12. The van der Waals surface area contributed by atoms with Crippen molar-refractivity contribution in [3.05, 3.63) is 34.0 Å². The van der Waals surface area contributed by atoms with Crippen LogP contribution in [0.15, 0.2) is 12.1 Å². The molecule has 0 bridgehead atoms. The van der Waals surface area contributed by atoms with Crippen molar-refractivity contribution < 1.29 is 4.79 Å². The van der Waals surface area contributed by atoms with Gasteiger partial charge in [-0.05, 0) is 25.5 Å². The maximum absolute atomic E-state index is 11.0. The number of hydrogen-bond donors (Lipinski definition) is 0. The summed E-state index contributed by atoms with van der Waals surface area (Å²) in [7, 11) is 1.95. The van der Waals surface area contributed by atoms with Gasteiger partial charge in [0.2, 0.25) is 0 Å². The van der Waals surface area contributed by atoms with Crippen LogP contribution in [-0.4, -0.2) is 10.9 Å². The summed E-state index contributed by atoms with van der Waals surface area (Å²) in [6, 6.07) is 3.74. The number of fused-ring (bicyclic) bond motifs is 1. The highest BCUT2D eigenvalue weighted by Gasteiger charge is 2.13. The molecule has 0 saturated carbocycles. The van der Waals surface area contributed by atoms with E-state index < -0.39 is 0 Å². The predicted molar refractivity (Wildman–Crippen MR) is 62.8 cm³/mol. The third kappa shape index (κ3) is 1.29. The van der Waals surface area contributed by atoms with E-state index in [9.17, 15) is 4.79 Å². The van der Waals surface area contributed by atoms with E-state index in [4.69, 9.17) is 11.6 Å². The quantitative estimate of drug-likeness (QED) is 0.678. The number of halogens is 1. The van der Waals surface area contributed by atoms with Gasteiger partial charge >= 0.3 is 0 Å². The molecule has 2 aromatic rings. The van der Waals surface area contributed by atoms with Gasteiger partial charge in [0.05, 0.1) is 5.52 Å². The highest BCUT2D eigenvalue weighted by molar-refractivity contribution is 6.32. The van der Waals surface area contributed by atoms with Crippen LogP contribution in [0.25, 0.3) is 10.9 Å². The van der Waals surface area contributed by atoms with E-state index in [1.807, 2.05) is 37.6 Å². The van der Waals surface area contributed by atoms with Crippen molar-refractivity contribution in [2.75, 3.05) is 0 Å². The summed E-state index contributed by atoms with van der Waals surface area (Å²) in [5.41, 5.74) is 3.80. The summed E-state index contributed by atoms with van der Waals surface area (Å²) in [5, 5.41) is 1.72. The lowest BCUT2D eigenvalue weighted by Gasteiger charge is -2.03. The summed E-state index contributed by atoms with van der Waals surface area (Å²) in [6.07, 6.45) is 0.908. The molecule has 0 aliphatic rings. The third-order valence-electron chi connectivity index (χ3n) is 3.00. The Morgan fingerprint density at radius 1 is 1.33 bits per heavy atom. The molecule has 15 heavy (non-hydrogen) atoms. The minimum Gasteiger partial charge on any atom is -0.347 e. The first-order chi connectivity index (χ1) is 7.07. The fraction of sp³-hybridized carbons (Fsp3) is 0.250. The Labute approximate surface area is 93.5 Å². The van der Waals surface area contributed by atoms with Gasteiger partial charge in [0, 0.05) is 28.7 Å². The second-order valence-electron chi connectivity index (χ2n) is 3.74. The molecule has 0 spiro atoms. The largest absolute Gasteiger partial charge is 0.347 e. The Morgan fingerprint density at radius 2 is 2.00 bits per heavy atom. The maximum Gasteiger partial charge on any atom is 0.152 e. The first-order valence-electron chi connectivity index (χ1n) is 4.77. The lowest BCUT2D eigenvalue weighted by Crippen LogP contribution is -1.93. The molecule has 0 fully saturated rings. The van der Waals surface area contributed by atoms with Gasteiger partial charge in [-0.1, -0.05) is 17.7 Å². The minimum atomic E-state index is 0.737. The first-order valence-corrected chi connectivity index (χ1v) is 5.15. The lowest BCUT2D eigenvalue weighted by molar-refractivity contribution is 0.112. The van der Waals surface area contributed by atoms with Gasteiger partial charge in [-0.3, -0.25) is 4.79 Å². The van der Waals surface area contributed by atoms with Crippen molar-refractivity contribution in [3.8, 4) is 0 Å². The van der Waals surface area contributed by atoms with Gasteiger partial charge in [0.15, 0.2) is 6.29 Å². The van der Waals surface area contributed by atoms with Crippen molar-refractivity contribution in [2.24, 2.45) is 7.05 Å². The number of aryl methyl sites for hydroxylation is 2. The molecular formula is C12H12ClNO. The monoisotopic (exact) mass is 221 g/mol. The average Bonchev–Trinajstić information content (AvgIpc) is 2.46. The van der Waals surface area contributed by atoms with Crippen LogP contribution in [0.4, 0.5) is 0 Å². The zero-order valence-electron chi connectivity index (χ0n) is 8.97. The van der Waals surface area contributed by atoms with Gasteiger partial charge < -0.3 is 4.57 Å². The van der Waals surface area contributed by atoms with E-state index in [1.54, 1.807) is 0 Å². The number of carbonyl (C=O) groups excluding carboxylic acids is 1. The molecule has 1 aromatic heterocycles. The van der Waals surface area contributed by atoms with Gasteiger partial charge in [0.1, 0.15) is 0 Å². The van der Waals surface area contributed by atoms with Gasteiger partial charge in [0.25, 0.3) is 0 Å². The van der Waals surface area contributed by atoms with Crippen molar-refractivity contribution in [3.63, 3.8) is 0 Å². The number of carbonyl (C=O) groups is 1. The second kappa shape index (κ2) is 3.38. The van der Waals surface area contributed by atoms with Crippen LogP contribution in [0.2, 0.25) is 5.02 Å². The number of aromatic nitrogens is 1. The molecule has 3 heteroatoms. The third-order valence-corrected chi connectivity index (χ3v) is 3.41. The van der Waals surface area contributed by atoms with Crippen molar-refractivity contribution in [1.82, 2.24) is 4.57 Å². The zero-order chi connectivity index (χ0) is 11.2. The van der Waals surface area contributed by atoms with E-state index in [-0.39, 0.29) is 0 Å². The van der Waals surface area contributed by atoms with Crippen LogP contribution in [0, 0.1) is 13.8 Å². The Morgan fingerprint density at radius 3 is 2.60 bits per heavy atom. The zero-order valence-corrected chi connectivity index (χ0v) is 9.72. The van der Waals surface area contributed by atoms with E-state index in [0.29, 0.717) is 0 Å². The molecule has 0 aliphatic heterocycles. The molecule has 2 nitrogen and oxygen atoms in total.